The molecule has 1 aliphatic heterocycles. The van der Waals surface area contributed by atoms with Crippen LogP contribution in [0.1, 0.15) is 54.7 Å². The Morgan fingerprint density at radius 2 is 1.57 bits per heavy atom. The van der Waals surface area contributed by atoms with Crippen LogP contribution in [0.25, 0.3) is 0 Å². The minimum absolute atomic E-state index is 0.197. The van der Waals surface area contributed by atoms with Crippen LogP contribution in [0, 0.1) is 19.3 Å². The molecule has 1 saturated heterocycles. The van der Waals surface area contributed by atoms with Crippen molar-refractivity contribution in [1.82, 2.24) is 4.31 Å². The Balaban J connectivity index is 1.80. The lowest BCUT2D eigenvalue weighted by Gasteiger charge is -2.37. The average molecular weight is 398 g/mol. The van der Waals surface area contributed by atoms with E-state index in [4.69, 9.17) is 0 Å². The molecule has 2 aromatic rings. The third-order valence-corrected chi connectivity index (χ3v) is 8.28. The highest BCUT2D eigenvalue weighted by Crippen LogP contribution is 2.54. The summed E-state index contributed by atoms with van der Waals surface area (Å²) in [5.41, 5.74) is 2.74. The Morgan fingerprint density at radius 3 is 2.21 bits per heavy atom. The van der Waals surface area contributed by atoms with E-state index < -0.39 is 10.0 Å². The van der Waals surface area contributed by atoms with Gasteiger partial charge in [-0.2, -0.15) is 0 Å². The third-order valence-electron chi connectivity index (χ3n) is 6.52. The summed E-state index contributed by atoms with van der Waals surface area (Å²) in [6.07, 6.45) is 5.05. The van der Waals surface area contributed by atoms with Gasteiger partial charge in [-0.1, -0.05) is 61.2 Å². The molecule has 2 fully saturated rings. The minimum Gasteiger partial charge on any atom is -0.273 e. The molecule has 2 aliphatic rings. The van der Waals surface area contributed by atoms with E-state index in [1.54, 1.807) is 24.3 Å². The highest BCUT2D eigenvalue weighted by atomic mass is 32.2. The van der Waals surface area contributed by atoms with Crippen molar-refractivity contribution in [2.75, 3.05) is 6.54 Å². The molecule has 1 atom stereocenters. The Hall–Kier alpha value is -2.14. The number of carbonyl (C=O) groups excluding carboxylic acids is 1. The first-order valence-electron chi connectivity index (χ1n) is 10.0. The number of hydrogen-bond donors (Lipinski definition) is 0. The fraction of sp³-hybridized carbons (Fsp3) is 0.435. The van der Waals surface area contributed by atoms with E-state index in [-0.39, 0.29) is 22.1 Å². The fourth-order valence-corrected chi connectivity index (χ4v) is 6.48. The number of nitrogens with zero attached hydrogens (tertiary/aromatic N) is 1. The molecule has 0 N–H and O–H groups in total. The predicted molar refractivity (Wildman–Crippen MR) is 110 cm³/mol. The zero-order valence-corrected chi connectivity index (χ0v) is 17.3. The number of amides is 1. The van der Waals surface area contributed by atoms with Crippen LogP contribution in [0.2, 0.25) is 0 Å². The summed E-state index contributed by atoms with van der Waals surface area (Å²) >= 11 is 0. The lowest BCUT2D eigenvalue weighted by Crippen LogP contribution is -2.35. The second-order valence-electron chi connectivity index (χ2n) is 8.38. The molecular formula is C23H27NO3S. The molecule has 5 heteroatoms. The van der Waals surface area contributed by atoms with Gasteiger partial charge in [-0.3, -0.25) is 4.79 Å². The van der Waals surface area contributed by atoms with E-state index in [1.165, 1.54) is 4.31 Å². The summed E-state index contributed by atoms with van der Waals surface area (Å²) in [6, 6.07) is 14.7. The van der Waals surface area contributed by atoms with Gasteiger partial charge < -0.3 is 0 Å². The predicted octanol–water partition coefficient (Wildman–Crippen LogP) is 4.57. The van der Waals surface area contributed by atoms with E-state index in [0.717, 1.165) is 48.8 Å². The molecule has 0 radical (unpaired) electrons. The van der Waals surface area contributed by atoms with Gasteiger partial charge in [0, 0.05) is 12.0 Å². The molecule has 0 bridgehead atoms. The molecule has 1 amide bonds. The summed E-state index contributed by atoms with van der Waals surface area (Å²) < 4.78 is 27.9. The first-order chi connectivity index (χ1) is 13.3. The molecule has 0 unspecified atom stereocenters. The fourth-order valence-electron chi connectivity index (χ4n) is 4.98. The number of benzene rings is 2. The van der Waals surface area contributed by atoms with Crippen molar-refractivity contribution in [3.05, 3.63) is 65.2 Å². The number of carbonyl (C=O) groups is 1. The van der Waals surface area contributed by atoms with Crippen LogP contribution < -0.4 is 0 Å². The van der Waals surface area contributed by atoms with Crippen molar-refractivity contribution in [3.63, 3.8) is 0 Å². The highest BCUT2D eigenvalue weighted by molar-refractivity contribution is 7.89. The number of hydrogen-bond acceptors (Lipinski definition) is 3. The molecule has 148 valence electrons. The maximum absolute atomic E-state index is 13.6. The van der Waals surface area contributed by atoms with Crippen LogP contribution in [0.15, 0.2) is 53.4 Å². The van der Waals surface area contributed by atoms with Gasteiger partial charge in [-0.05, 0) is 49.9 Å². The van der Waals surface area contributed by atoms with Crippen molar-refractivity contribution >= 4 is 15.9 Å². The molecule has 4 rings (SSSR count). The second-order valence-corrected chi connectivity index (χ2v) is 10.2. The maximum Gasteiger partial charge on any atom is 0.266 e. The minimum atomic E-state index is -3.85. The molecule has 0 aromatic heterocycles. The van der Waals surface area contributed by atoms with Crippen molar-refractivity contribution in [2.24, 2.45) is 5.41 Å². The summed E-state index contributed by atoms with van der Waals surface area (Å²) in [6.45, 7) is 4.22. The van der Waals surface area contributed by atoms with Gasteiger partial charge in [0.25, 0.3) is 10.0 Å². The maximum atomic E-state index is 13.6. The first-order valence-corrected chi connectivity index (χ1v) is 11.5. The molecule has 1 aliphatic carbocycles. The standard InChI is InChI=1S/C23H27NO3S/c1-17-10-12-19(13-11-17)28(26,27)24-16-23(14-6-3-7-15-23)21(22(24)25)20-9-5-4-8-18(20)2/h4-5,8-13,21H,3,6-7,14-16H2,1-2H3/t21-/m1/s1. The average Bonchev–Trinajstić information content (AvgIpc) is 2.96. The van der Waals surface area contributed by atoms with Crippen molar-refractivity contribution in [3.8, 4) is 0 Å². The van der Waals surface area contributed by atoms with E-state index in [0.29, 0.717) is 6.54 Å². The van der Waals surface area contributed by atoms with Gasteiger partial charge in [0.05, 0.1) is 10.8 Å². The number of aryl methyl sites for hydroxylation is 2. The van der Waals surface area contributed by atoms with Gasteiger partial charge in [0.2, 0.25) is 5.91 Å². The van der Waals surface area contributed by atoms with Crippen LogP contribution in [-0.4, -0.2) is 25.2 Å². The lowest BCUT2D eigenvalue weighted by atomic mass is 9.65. The van der Waals surface area contributed by atoms with Crippen LogP contribution in [0.3, 0.4) is 0 Å². The Morgan fingerprint density at radius 1 is 0.929 bits per heavy atom. The van der Waals surface area contributed by atoms with Crippen LogP contribution >= 0.6 is 0 Å². The van der Waals surface area contributed by atoms with Gasteiger partial charge in [-0.15, -0.1) is 0 Å². The topological polar surface area (TPSA) is 54.5 Å². The zero-order chi connectivity index (χ0) is 19.9. The Bertz CT molecular complexity index is 989. The zero-order valence-electron chi connectivity index (χ0n) is 16.5. The van der Waals surface area contributed by atoms with Gasteiger partial charge in [0.15, 0.2) is 0 Å². The monoisotopic (exact) mass is 397 g/mol. The van der Waals surface area contributed by atoms with Gasteiger partial charge in [-0.25, -0.2) is 12.7 Å². The van der Waals surface area contributed by atoms with Crippen LogP contribution in [0.4, 0.5) is 0 Å². The summed E-state index contributed by atoms with van der Waals surface area (Å²) in [7, 11) is -3.85. The molecule has 1 saturated carbocycles. The molecule has 2 aromatic carbocycles. The second kappa shape index (κ2) is 7.03. The van der Waals surface area contributed by atoms with Gasteiger partial charge >= 0.3 is 0 Å². The Kier molecular flexibility index (Phi) is 4.82. The lowest BCUT2D eigenvalue weighted by molar-refractivity contribution is -0.125. The van der Waals surface area contributed by atoms with E-state index >= 15 is 0 Å². The molecule has 1 heterocycles. The van der Waals surface area contributed by atoms with E-state index in [1.807, 2.05) is 38.1 Å². The van der Waals surface area contributed by atoms with Gasteiger partial charge in [0.1, 0.15) is 0 Å². The normalized spacial score (nSPS) is 22.0. The van der Waals surface area contributed by atoms with Crippen LogP contribution in [-0.2, 0) is 14.8 Å². The van der Waals surface area contributed by atoms with Crippen molar-refractivity contribution in [1.29, 1.82) is 0 Å². The first kappa shape index (κ1) is 19.2. The Labute approximate surface area is 167 Å². The van der Waals surface area contributed by atoms with Crippen LogP contribution in [0.5, 0.6) is 0 Å². The SMILES string of the molecule is Cc1ccc(S(=O)(=O)N2CC3(CCCCC3)[C@H](c3ccccc3C)C2=O)cc1. The molecule has 1 spiro atoms. The summed E-state index contributed by atoms with van der Waals surface area (Å²) in [5, 5.41) is 0. The molecule has 4 nitrogen and oxygen atoms in total. The molecular weight excluding hydrogens is 370 g/mol. The number of sulfonamides is 1. The highest BCUT2D eigenvalue weighted by Gasteiger charge is 2.56. The van der Waals surface area contributed by atoms with E-state index in [9.17, 15) is 13.2 Å². The van der Waals surface area contributed by atoms with Crippen molar-refractivity contribution in [2.45, 2.75) is 56.8 Å². The smallest absolute Gasteiger partial charge is 0.266 e. The number of rotatable bonds is 3. The molecule has 28 heavy (non-hydrogen) atoms. The largest absolute Gasteiger partial charge is 0.273 e. The third kappa shape index (κ3) is 3.06. The van der Waals surface area contributed by atoms with E-state index in [2.05, 4.69) is 0 Å². The summed E-state index contributed by atoms with van der Waals surface area (Å²) in [4.78, 5) is 13.8. The quantitative estimate of drug-likeness (QED) is 0.762. The summed E-state index contributed by atoms with van der Waals surface area (Å²) in [5.74, 6) is -0.647. The van der Waals surface area contributed by atoms with Crippen molar-refractivity contribution < 1.29 is 13.2 Å².